The van der Waals surface area contributed by atoms with E-state index in [0.717, 1.165) is 30.7 Å². The number of thiophene rings is 1. The summed E-state index contributed by atoms with van der Waals surface area (Å²) in [5, 5.41) is 5.32. The van der Waals surface area contributed by atoms with E-state index >= 15 is 0 Å². The van der Waals surface area contributed by atoms with Crippen molar-refractivity contribution in [3.05, 3.63) is 22.4 Å². The second-order valence-electron chi connectivity index (χ2n) is 3.76. The van der Waals surface area contributed by atoms with Crippen molar-refractivity contribution in [3.63, 3.8) is 0 Å². The zero-order chi connectivity index (χ0) is 10.7. The quantitative estimate of drug-likeness (QED) is 0.781. The number of nitrogens with one attached hydrogen (secondary N) is 1. The third-order valence-corrected chi connectivity index (χ3v) is 3.91. The highest BCUT2D eigenvalue weighted by Crippen LogP contribution is 2.34. The minimum absolute atomic E-state index is 0.162. The van der Waals surface area contributed by atoms with Gasteiger partial charge >= 0.3 is 5.97 Å². The fourth-order valence-corrected chi connectivity index (χ4v) is 3.01. The first-order chi connectivity index (χ1) is 7.29. The van der Waals surface area contributed by atoms with Gasteiger partial charge in [-0.05, 0) is 37.3 Å². The topological polar surface area (TPSA) is 38.3 Å². The Labute approximate surface area is 93.4 Å². The van der Waals surface area contributed by atoms with Crippen molar-refractivity contribution in [2.45, 2.75) is 24.8 Å². The summed E-state index contributed by atoms with van der Waals surface area (Å²) in [4.78, 5) is 13.0. The number of esters is 1. The fraction of sp³-hybridized carbons (Fsp3) is 0.545. The average molecular weight is 225 g/mol. The highest BCUT2D eigenvalue weighted by atomic mass is 32.1. The molecule has 15 heavy (non-hydrogen) atoms. The molecule has 3 nitrogen and oxygen atoms in total. The Morgan fingerprint density at radius 3 is 3.00 bits per heavy atom. The van der Waals surface area contributed by atoms with Gasteiger partial charge in [-0.25, -0.2) is 4.79 Å². The van der Waals surface area contributed by atoms with Gasteiger partial charge in [-0.15, -0.1) is 11.3 Å². The third-order valence-electron chi connectivity index (χ3n) is 2.88. The monoisotopic (exact) mass is 225 g/mol. The molecule has 0 radical (unpaired) electrons. The van der Waals surface area contributed by atoms with Gasteiger partial charge in [-0.3, -0.25) is 5.32 Å². The van der Waals surface area contributed by atoms with Gasteiger partial charge in [-0.1, -0.05) is 6.07 Å². The molecule has 1 aliphatic rings. The lowest BCUT2D eigenvalue weighted by Gasteiger charge is -2.34. The number of methoxy groups -OCH3 is 1. The summed E-state index contributed by atoms with van der Waals surface area (Å²) in [6.45, 7) is 0.882. The van der Waals surface area contributed by atoms with Crippen LogP contribution in [0.2, 0.25) is 0 Å². The molecule has 0 amide bonds. The van der Waals surface area contributed by atoms with Crippen LogP contribution in [-0.2, 0) is 15.1 Å². The Kier molecular flexibility index (Phi) is 3.07. The number of ether oxygens (including phenoxy) is 1. The predicted molar refractivity (Wildman–Crippen MR) is 59.9 cm³/mol. The highest BCUT2D eigenvalue weighted by Gasteiger charge is 2.42. The van der Waals surface area contributed by atoms with Gasteiger partial charge in [0.1, 0.15) is 0 Å². The SMILES string of the molecule is COC(=O)C1(c2cccs2)CCCCN1. The van der Waals surface area contributed by atoms with E-state index < -0.39 is 5.54 Å². The van der Waals surface area contributed by atoms with Gasteiger partial charge in [0.15, 0.2) is 5.54 Å². The van der Waals surface area contributed by atoms with Crippen LogP contribution in [0.1, 0.15) is 24.1 Å². The van der Waals surface area contributed by atoms with Gasteiger partial charge in [0, 0.05) is 4.88 Å². The molecule has 0 aromatic carbocycles. The van der Waals surface area contributed by atoms with E-state index in [9.17, 15) is 4.79 Å². The van der Waals surface area contributed by atoms with Crippen molar-refractivity contribution in [1.82, 2.24) is 5.32 Å². The molecule has 1 unspecified atom stereocenters. The predicted octanol–water partition coefficient (Wildman–Crippen LogP) is 1.89. The molecular formula is C11H15NO2S. The standard InChI is InChI=1S/C11H15NO2S/c1-14-10(13)11(6-2-3-7-12-11)9-5-4-8-15-9/h4-5,8,12H,2-3,6-7H2,1H3. The van der Waals surface area contributed by atoms with Crippen LogP contribution in [0.25, 0.3) is 0 Å². The smallest absolute Gasteiger partial charge is 0.331 e. The molecule has 0 bridgehead atoms. The molecule has 4 heteroatoms. The molecule has 2 rings (SSSR count). The van der Waals surface area contributed by atoms with E-state index in [1.165, 1.54) is 7.11 Å². The van der Waals surface area contributed by atoms with Crippen LogP contribution in [0.15, 0.2) is 17.5 Å². The summed E-state index contributed by atoms with van der Waals surface area (Å²) in [6.07, 6.45) is 3.03. The summed E-state index contributed by atoms with van der Waals surface area (Å²) in [7, 11) is 1.45. The maximum absolute atomic E-state index is 11.9. The van der Waals surface area contributed by atoms with E-state index in [2.05, 4.69) is 5.32 Å². The lowest BCUT2D eigenvalue weighted by Crippen LogP contribution is -2.52. The Bertz CT molecular complexity index is 328. The van der Waals surface area contributed by atoms with Crippen molar-refractivity contribution < 1.29 is 9.53 Å². The van der Waals surface area contributed by atoms with Crippen LogP contribution in [0.5, 0.6) is 0 Å². The van der Waals surface area contributed by atoms with E-state index in [4.69, 9.17) is 4.74 Å². The van der Waals surface area contributed by atoms with E-state index in [0.29, 0.717) is 0 Å². The average Bonchev–Trinajstić information content (AvgIpc) is 2.83. The number of hydrogen-bond acceptors (Lipinski definition) is 4. The Hall–Kier alpha value is -0.870. The molecule has 1 aromatic rings. The molecule has 1 atom stereocenters. The molecule has 0 spiro atoms. The Morgan fingerprint density at radius 1 is 1.60 bits per heavy atom. The van der Waals surface area contributed by atoms with Crippen molar-refractivity contribution in [2.24, 2.45) is 0 Å². The second-order valence-corrected chi connectivity index (χ2v) is 4.71. The third kappa shape index (κ3) is 1.79. The minimum atomic E-state index is -0.582. The van der Waals surface area contributed by atoms with Gasteiger partial charge in [0.2, 0.25) is 0 Å². The summed E-state index contributed by atoms with van der Waals surface area (Å²) in [6, 6.07) is 3.97. The number of rotatable bonds is 2. The van der Waals surface area contributed by atoms with Gasteiger partial charge < -0.3 is 4.74 Å². The first-order valence-electron chi connectivity index (χ1n) is 5.17. The second kappa shape index (κ2) is 4.33. The van der Waals surface area contributed by atoms with Gasteiger partial charge in [0.25, 0.3) is 0 Å². The normalized spacial score (nSPS) is 26.2. The van der Waals surface area contributed by atoms with Crippen LogP contribution in [0.4, 0.5) is 0 Å². The van der Waals surface area contributed by atoms with E-state index in [-0.39, 0.29) is 5.97 Å². The molecule has 0 saturated carbocycles. The first-order valence-corrected chi connectivity index (χ1v) is 6.05. The summed E-state index contributed by atoms with van der Waals surface area (Å²) >= 11 is 1.61. The number of piperidine rings is 1. The lowest BCUT2D eigenvalue weighted by molar-refractivity contribution is -0.150. The van der Waals surface area contributed by atoms with Crippen molar-refractivity contribution in [3.8, 4) is 0 Å². The Morgan fingerprint density at radius 2 is 2.47 bits per heavy atom. The highest BCUT2D eigenvalue weighted by molar-refractivity contribution is 7.10. The largest absolute Gasteiger partial charge is 0.467 e. The molecule has 1 fully saturated rings. The number of carbonyl (C=O) groups is 1. The summed E-state index contributed by atoms with van der Waals surface area (Å²) in [5.41, 5.74) is -0.582. The molecule has 1 saturated heterocycles. The fourth-order valence-electron chi connectivity index (χ4n) is 2.09. The first kappa shape index (κ1) is 10.6. The van der Waals surface area contributed by atoms with Crippen LogP contribution in [0.3, 0.4) is 0 Å². The maximum atomic E-state index is 11.9. The molecule has 2 heterocycles. The molecule has 82 valence electrons. The maximum Gasteiger partial charge on any atom is 0.331 e. The van der Waals surface area contributed by atoms with Crippen molar-refractivity contribution in [2.75, 3.05) is 13.7 Å². The number of carbonyl (C=O) groups excluding carboxylic acids is 1. The zero-order valence-corrected chi connectivity index (χ0v) is 9.60. The van der Waals surface area contributed by atoms with E-state index in [1.54, 1.807) is 11.3 Å². The van der Waals surface area contributed by atoms with Crippen molar-refractivity contribution >= 4 is 17.3 Å². The summed E-state index contributed by atoms with van der Waals surface area (Å²) < 4.78 is 4.92. The lowest BCUT2D eigenvalue weighted by atomic mass is 9.87. The van der Waals surface area contributed by atoms with Crippen LogP contribution in [0, 0.1) is 0 Å². The van der Waals surface area contributed by atoms with E-state index in [1.807, 2.05) is 17.5 Å². The van der Waals surface area contributed by atoms with Crippen LogP contribution >= 0.6 is 11.3 Å². The zero-order valence-electron chi connectivity index (χ0n) is 8.79. The van der Waals surface area contributed by atoms with Gasteiger partial charge in [0.05, 0.1) is 7.11 Å². The Balaban J connectivity index is 2.34. The minimum Gasteiger partial charge on any atom is -0.467 e. The number of hydrogen-bond donors (Lipinski definition) is 1. The molecular weight excluding hydrogens is 210 g/mol. The molecule has 1 N–H and O–H groups in total. The van der Waals surface area contributed by atoms with Crippen LogP contribution in [-0.4, -0.2) is 19.6 Å². The summed E-state index contributed by atoms with van der Waals surface area (Å²) in [5.74, 6) is -0.162. The van der Waals surface area contributed by atoms with Crippen LogP contribution < -0.4 is 5.32 Å². The van der Waals surface area contributed by atoms with Gasteiger partial charge in [-0.2, -0.15) is 0 Å². The molecule has 0 aliphatic carbocycles. The van der Waals surface area contributed by atoms with Crippen molar-refractivity contribution in [1.29, 1.82) is 0 Å². The molecule has 1 aliphatic heterocycles. The molecule has 1 aromatic heterocycles.